The minimum atomic E-state index is -0.610. The van der Waals surface area contributed by atoms with Crippen LogP contribution in [0.5, 0.6) is 0 Å². The van der Waals surface area contributed by atoms with Gasteiger partial charge in [-0.25, -0.2) is 0 Å². The lowest BCUT2D eigenvalue weighted by atomic mass is 9.97. The summed E-state index contributed by atoms with van der Waals surface area (Å²) in [4.78, 5) is 48.3. The summed E-state index contributed by atoms with van der Waals surface area (Å²) < 4.78 is 6.17. The van der Waals surface area contributed by atoms with Gasteiger partial charge < -0.3 is 19.4 Å². The fourth-order valence-electron chi connectivity index (χ4n) is 5.14. The molecular weight excluding hydrogens is 470 g/mol. The summed E-state index contributed by atoms with van der Waals surface area (Å²) in [5.74, 6) is -0.435. The number of piperazine rings is 2. The Balaban J connectivity index is 2.15. The molecule has 2 rings (SSSR count). The lowest BCUT2D eigenvalue weighted by Gasteiger charge is -2.50. The Bertz CT molecular complexity index is 844. The second kappa shape index (κ2) is 12.5. The minimum absolute atomic E-state index is 0.0144. The van der Waals surface area contributed by atoms with Crippen LogP contribution in [0, 0.1) is 0 Å². The van der Waals surface area contributed by atoms with E-state index < -0.39 is 6.04 Å². The Morgan fingerprint density at radius 1 is 0.865 bits per heavy atom. The van der Waals surface area contributed by atoms with Crippen molar-refractivity contribution in [2.75, 3.05) is 60.0 Å². The highest BCUT2D eigenvalue weighted by atomic mass is 16.5. The van der Waals surface area contributed by atoms with Crippen LogP contribution in [0.1, 0.15) is 48.0 Å². The summed E-state index contributed by atoms with van der Waals surface area (Å²) >= 11 is 0. The lowest BCUT2D eigenvalue weighted by molar-refractivity contribution is -0.153. The Morgan fingerprint density at radius 3 is 1.95 bits per heavy atom. The van der Waals surface area contributed by atoms with Crippen molar-refractivity contribution in [3.63, 3.8) is 0 Å². The summed E-state index contributed by atoms with van der Waals surface area (Å²) in [6.45, 7) is 24.3. The molecule has 0 aromatic carbocycles. The van der Waals surface area contributed by atoms with Gasteiger partial charge in [-0.2, -0.15) is 0 Å². The highest BCUT2D eigenvalue weighted by Crippen LogP contribution is 2.26. The maximum atomic E-state index is 13.1. The third-order valence-electron chi connectivity index (χ3n) is 7.45. The van der Waals surface area contributed by atoms with Crippen molar-refractivity contribution in [1.82, 2.24) is 24.5 Å². The zero-order valence-electron chi connectivity index (χ0n) is 24.3. The number of hydrogen-bond acceptors (Lipinski definition) is 6. The quantitative estimate of drug-likeness (QED) is 0.360. The van der Waals surface area contributed by atoms with E-state index in [1.54, 1.807) is 19.0 Å². The molecule has 2 aliphatic heterocycles. The molecule has 210 valence electrons. The molecule has 2 unspecified atom stereocenters. The molecule has 37 heavy (non-hydrogen) atoms. The molecule has 0 aromatic heterocycles. The SMILES string of the molecule is C=CC(=O)N1C(COCC[C@H]2CN(C(C)(C)C)CCN2C(=O)C=C)CN(C(C)(C)C)CC1C(=O)N(C)C. The van der Waals surface area contributed by atoms with Crippen LogP contribution in [0.15, 0.2) is 25.3 Å². The molecule has 0 N–H and O–H groups in total. The minimum Gasteiger partial charge on any atom is -0.379 e. The van der Waals surface area contributed by atoms with Gasteiger partial charge in [-0.1, -0.05) is 13.2 Å². The zero-order chi connectivity index (χ0) is 28.1. The predicted octanol–water partition coefficient (Wildman–Crippen LogP) is 1.84. The highest BCUT2D eigenvalue weighted by molar-refractivity contribution is 5.93. The van der Waals surface area contributed by atoms with Crippen LogP contribution in [0.3, 0.4) is 0 Å². The highest BCUT2D eigenvalue weighted by Gasteiger charge is 2.44. The smallest absolute Gasteiger partial charge is 0.247 e. The molecule has 3 amide bonds. The van der Waals surface area contributed by atoms with Gasteiger partial charge in [0.2, 0.25) is 17.7 Å². The molecule has 9 heteroatoms. The van der Waals surface area contributed by atoms with Gasteiger partial charge in [0.05, 0.1) is 12.6 Å². The number of rotatable bonds is 8. The molecule has 0 saturated carbocycles. The van der Waals surface area contributed by atoms with Gasteiger partial charge in [0.15, 0.2) is 0 Å². The molecule has 3 atom stereocenters. The molecule has 0 aliphatic carbocycles. The van der Waals surface area contributed by atoms with Gasteiger partial charge >= 0.3 is 0 Å². The van der Waals surface area contributed by atoms with E-state index in [9.17, 15) is 14.4 Å². The van der Waals surface area contributed by atoms with Crippen molar-refractivity contribution in [3.05, 3.63) is 25.3 Å². The molecule has 2 aliphatic rings. The van der Waals surface area contributed by atoms with E-state index in [1.165, 1.54) is 17.1 Å². The fraction of sp³-hybridized carbons (Fsp3) is 0.750. The Hall–Kier alpha value is -2.23. The third kappa shape index (κ3) is 7.88. The molecule has 0 aromatic rings. The van der Waals surface area contributed by atoms with E-state index in [4.69, 9.17) is 4.74 Å². The average Bonchev–Trinajstić information content (AvgIpc) is 2.83. The first-order valence-electron chi connectivity index (χ1n) is 13.3. The largest absolute Gasteiger partial charge is 0.379 e. The molecular formula is C28H49N5O4. The number of nitrogens with zero attached hydrogens (tertiary/aromatic N) is 5. The van der Waals surface area contributed by atoms with Gasteiger partial charge in [0.1, 0.15) is 6.04 Å². The molecule has 2 fully saturated rings. The topological polar surface area (TPSA) is 76.6 Å². The average molecular weight is 520 g/mol. The second-order valence-corrected chi connectivity index (χ2v) is 12.3. The van der Waals surface area contributed by atoms with Crippen molar-refractivity contribution in [3.8, 4) is 0 Å². The predicted molar refractivity (Wildman–Crippen MR) is 147 cm³/mol. The van der Waals surface area contributed by atoms with Gasteiger partial charge in [-0.05, 0) is 60.1 Å². The second-order valence-electron chi connectivity index (χ2n) is 12.3. The van der Waals surface area contributed by atoms with Crippen molar-refractivity contribution >= 4 is 17.7 Å². The standard InChI is InChI=1S/C28H49N5O4/c1-11-24(34)32-15-14-30(27(3,4)5)17-21(32)13-16-37-20-22-18-31(28(6,7)8)19-23(26(36)29(9)10)33(22)25(35)12-2/h11-12,21-23H,1-2,13-20H2,3-10H3/t21-,22?,23?/m0/s1. The van der Waals surface area contributed by atoms with E-state index in [0.717, 1.165) is 13.1 Å². The normalized spacial score (nSPS) is 24.1. The van der Waals surface area contributed by atoms with E-state index in [1.807, 2.05) is 4.90 Å². The molecule has 9 nitrogen and oxygen atoms in total. The van der Waals surface area contributed by atoms with E-state index in [0.29, 0.717) is 39.3 Å². The van der Waals surface area contributed by atoms with E-state index >= 15 is 0 Å². The fourth-order valence-corrected chi connectivity index (χ4v) is 5.14. The molecule has 2 heterocycles. The maximum absolute atomic E-state index is 13.1. The van der Waals surface area contributed by atoms with Gasteiger partial charge in [-0.15, -0.1) is 0 Å². The summed E-state index contributed by atoms with van der Waals surface area (Å²) in [5, 5.41) is 0. The van der Waals surface area contributed by atoms with Crippen molar-refractivity contribution in [2.45, 2.75) is 77.2 Å². The van der Waals surface area contributed by atoms with Gasteiger partial charge in [-0.3, -0.25) is 24.2 Å². The first kappa shape index (κ1) is 31.0. The Labute approximate surface area is 224 Å². The van der Waals surface area contributed by atoms with Crippen molar-refractivity contribution in [1.29, 1.82) is 0 Å². The van der Waals surface area contributed by atoms with E-state index in [2.05, 4.69) is 64.5 Å². The van der Waals surface area contributed by atoms with Gasteiger partial charge in [0.25, 0.3) is 0 Å². The van der Waals surface area contributed by atoms with Crippen LogP contribution < -0.4 is 0 Å². The van der Waals surface area contributed by atoms with Crippen molar-refractivity contribution < 1.29 is 19.1 Å². The Kier molecular flexibility index (Phi) is 10.5. The molecule has 0 spiro atoms. The maximum Gasteiger partial charge on any atom is 0.247 e. The zero-order valence-corrected chi connectivity index (χ0v) is 24.3. The summed E-state index contributed by atoms with van der Waals surface area (Å²) in [6, 6.07) is -0.887. The van der Waals surface area contributed by atoms with Crippen molar-refractivity contribution in [2.24, 2.45) is 0 Å². The number of likely N-dealkylation sites (N-methyl/N-ethyl adjacent to an activating group) is 1. The van der Waals surface area contributed by atoms with Crippen LogP contribution in [0.4, 0.5) is 0 Å². The summed E-state index contributed by atoms with van der Waals surface area (Å²) in [6.07, 6.45) is 3.33. The van der Waals surface area contributed by atoms with Crippen LogP contribution in [0.25, 0.3) is 0 Å². The number of hydrogen-bond donors (Lipinski definition) is 0. The number of carbonyl (C=O) groups excluding carboxylic acids is 3. The number of carbonyl (C=O) groups is 3. The first-order valence-corrected chi connectivity index (χ1v) is 13.3. The van der Waals surface area contributed by atoms with Crippen LogP contribution >= 0.6 is 0 Å². The molecule has 2 saturated heterocycles. The first-order chi connectivity index (χ1) is 17.1. The number of ether oxygens (including phenoxy) is 1. The molecule has 0 radical (unpaired) electrons. The Morgan fingerprint density at radius 2 is 1.43 bits per heavy atom. The monoisotopic (exact) mass is 519 g/mol. The molecule has 0 bridgehead atoms. The van der Waals surface area contributed by atoms with E-state index in [-0.39, 0.29) is 40.9 Å². The van der Waals surface area contributed by atoms with Crippen LogP contribution in [-0.2, 0) is 19.1 Å². The van der Waals surface area contributed by atoms with Crippen LogP contribution in [0.2, 0.25) is 0 Å². The number of amides is 3. The lowest BCUT2D eigenvalue weighted by Crippen LogP contribution is -2.68. The summed E-state index contributed by atoms with van der Waals surface area (Å²) in [7, 11) is 3.42. The summed E-state index contributed by atoms with van der Waals surface area (Å²) in [5.41, 5.74) is -0.156. The van der Waals surface area contributed by atoms with Gasteiger partial charge in [0, 0.05) is 70.5 Å². The van der Waals surface area contributed by atoms with Crippen LogP contribution in [-0.4, -0.2) is 131 Å². The third-order valence-corrected chi connectivity index (χ3v) is 7.45.